The Balaban J connectivity index is 0.772. The van der Waals surface area contributed by atoms with E-state index in [0.717, 1.165) is 25.0 Å². The molecular weight excluding hydrogens is 882 g/mol. The van der Waals surface area contributed by atoms with E-state index in [4.69, 9.17) is 4.74 Å². The van der Waals surface area contributed by atoms with Crippen LogP contribution in [0.25, 0.3) is 16.6 Å². The number of fused-ring (bicyclic) bond motifs is 1. The summed E-state index contributed by atoms with van der Waals surface area (Å²) in [5.41, 5.74) is 0.698. The summed E-state index contributed by atoms with van der Waals surface area (Å²) in [6.07, 6.45) is 8.61. The average molecular weight is 929 g/mol. The summed E-state index contributed by atoms with van der Waals surface area (Å²) in [6.45, 7) is 3.41. The molecule has 3 aliphatic heterocycles. The molecule has 3 amide bonds. The van der Waals surface area contributed by atoms with Gasteiger partial charge in [-0.3, -0.25) is 38.7 Å². The second-order valence-corrected chi connectivity index (χ2v) is 19.0. The van der Waals surface area contributed by atoms with Gasteiger partial charge in [-0.05, 0) is 99.1 Å². The first-order valence-electron chi connectivity index (χ1n) is 22.0. The van der Waals surface area contributed by atoms with Gasteiger partial charge in [0.1, 0.15) is 23.9 Å². The fourth-order valence-electron chi connectivity index (χ4n) is 9.04. The Labute approximate surface area is 377 Å². The number of ether oxygens (including phenoxy) is 1. The molecule has 0 radical (unpaired) electrons. The van der Waals surface area contributed by atoms with Gasteiger partial charge in [0, 0.05) is 38.3 Å². The molecule has 3 saturated heterocycles. The molecule has 5 aromatic rings. The molecule has 0 unspecified atom stereocenters. The maximum absolute atomic E-state index is 15.5. The number of piperidine rings is 2. The van der Waals surface area contributed by atoms with E-state index in [1.54, 1.807) is 17.0 Å². The van der Waals surface area contributed by atoms with Gasteiger partial charge in [0.05, 0.1) is 46.5 Å². The monoisotopic (exact) mass is 928 g/mol. The van der Waals surface area contributed by atoms with Crippen LogP contribution in [0.2, 0.25) is 0 Å². The van der Waals surface area contributed by atoms with Gasteiger partial charge in [-0.25, -0.2) is 36.5 Å². The first-order chi connectivity index (χ1) is 31.8. The first kappa shape index (κ1) is 44.6. The quantitative estimate of drug-likeness (QED) is 0.144. The zero-order valence-electron chi connectivity index (χ0n) is 35.7. The van der Waals surface area contributed by atoms with E-state index in [2.05, 4.69) is 35.2 Å². The molecule has 3 N–H and O–H groups in total. The Morgan fingerprint density at radius 3 is 2.29 bits per heavy atom. The number of hydrogen-bond donors (Lipinski definition) is 3. The Bertz CT molecular complexity index is 2850. The van der Waals surface area contributed by atoms with Gasteiger partial charge >= 0.3 is 0 Å². The number of nitrogens with zero attached hydrogens (tertiary/aromatic N) is 7. The topological polar surface area (TPSA) is 201 Å². The lowest BCUT2D eigenvalue weighted by Crippen LogP contribution is -2.52. The van der Waals surface area contributed by atoms with Gasteiger partial charge in [0.25, 0.3) is 5.56 Å². The van der Waals surface area contributed by atoms with Crippen molar-refractivity contribution in [3.05, 3.63) is 101 Å². The number of piperazine rings is 1. The van der Waals surface area contributed by atoms with Crippen LogP contribution in [0.15, 0.2) is 72.0 Å². The van der Waals surface area contributed by atoms with Crippen molar-refractivity contribution in [1.29, 1.82) is 0 Å². The van der Waals surface area contributed by atoms with Crippen LogP contribution in [0.5, 0.6) is 11.5 Å². The SMILES string of the molecule is O=C1CC[C@H](Nc2ccc(C3CCN(CC(=O)N4CCN(c5ncc(-n6cnc7ccc(Oc8c(F)ccc(NS(=O)(=O)C9CCCC9)c8F)cc7c6=O)cn5)CC4)CC3)c(F)c2)C(=O)N1. The Kier molecular flexibility index (Phi) is 12.6. The molecule has 4 aliphatic rings. The molecule has 2 aromatic heterocycles. The normalized spacial score (nSPS) is 19.0. The highest BCUT2D eigenvalue weighted by Gasteiger charge is 2.32. The number of carbonyl (C=O) groups is 3. The molecule has 21 heteroatoms. The minimum Gasteiger partial charge on any atom is -0.451 e. The van der Waals surface area contributed by atoms with Crippen LogP contribution < -0.4 is 30.6 Å². The maximum Gasteiger partial charge on any atom is 0.266 e. The van der Waals surface area contributed by atoms with Crippen LogP contribution in [-0.2, 0) is 24.4 Å². The van der Waals surface area contributed by atoms with E-state index in [-0.39, 0.29) is 53.2 Å². The molecule has 9 rings (SSSR count). The third-order valence-corrected chi connectivity index (χ3v) is 14.6. The number of benzene rings is 3. The van der Waals surface area contributed by atoms with Crippen molar-refractivity contribution in [3.8, 4) is 17.2 Å². The number of likely N-dealkylation sites (tertiary alicyclic amines) is 1. The highest BCUT2D eigenvalue weighted by atomic mass is 32.2. The van der Waals surface area contributed by atoms with E-state index in [0.29, 0.717) is 94.3 Å². The third kappa shape index (κ3) is 9.53. The number of hydrogen-bond acceptors (Lipinski definition) is 13. The minimum atomic E-state index is -3.90. The zero-order chi connectivity index (χ0) is 46.1. The number of amides is 3. The summed E-state index contributed by atoms with van der Waals surface area (Å²) in [4.78, 5) is 69.8. The van der Waals surface area contributed by atoms with Crippen molar-refractivity contribution >= 4 is 56.0 Å². The Morgan fingerprint density at radius 1 is 0.833 bits per heavy atom. The molecule has 4 fully saturated rings. The van der Waals surface area contributed by atoms with Crippen molar-refractivity contribution in [1.82, 2.24) is 34.6 Å². The van der Waals surface area contributed by atoms with Crippen molar-refractivity contribution < 1.29 is 40.7 Å². The fraction of sp³-hybridized carbons (Fsp3) is 0.400. The van der Waals surface area contributed by atoms with Gasteiger partial charge in [-0.2, -0.15) is 0 Å². The van der Waals surface area contributed by atoms with Crippen molar-refractivity contribution in [3.63, 3.8) is 0 Å². The molecular formula is C45H47F3N10O7S. The van der Waals surface area contributed by atoms with Crippen LogP contribution >= 0.6 is 0 Å². The maximum atomic E-state index is 15.5. The number of nitrogens with one attached hydrogen (secondary N) is 3. The summed E-state index contributed by atoms with van der Waals surface area (Å²) in [5.74, 6) is -3.90. The van der Waals surface area contributed by atoms with Crippen LogP contribution in [0, 0.1) is 17.5 Å². The molecule has 1 saturated carbocycles. The van der Waals surface area contributed by atoms with Crippen LogP contribution in [-0.4, -0.2) is 113 Å². The van der Waals surface area contributed by atoms with Gasteiger partial charge in [0.2, 0.25) is 39.4 Å². The number of carbonyl (C=O) groups excluding carboxylic acids is 3. The van der Waals surface area contributed by atoms with E-state index in [9.17, 15) is 32.0 Å². The largest absolute Gasteiger partial charge is 0.451 e. The number of halogens is 3. The smallest absolute Gasteiger partial charge is 0.266 e. The van der Waals surface area contributed by atoms with Crippen molar-refractivity contribution in [2.24, 2.45) is 0 Å². The van der Waals surface area contributed by atoms with E-state index in [1.165, 1.54) is 47.6 Å². The first-order valence-corrected chi connectivity index (χ1v) is 23.5. The number of imide groups is 1. The minimum absolute atomic E-state index is 0.00181. The molecule has 1 atom stereocenters. The molecule has 17 nitrogen and oxygen atoms in total. The molecule has 5 heterocycles. The van der Waals surface area contributed by atoms with Gasteiger partial charge < -0.3 is 19.9 Å². The van der Waals surface area contributed by atoms with Gasteiger partial charge in [0.15, 0.2) is 11.6 Å². The summed E-state index contributed by atoms with van der Waals surface area (Å²) in [5, 5.41) is 4.72. The molecule has 0 spiro atoms. The summed E-state index contributed by atoms with van der Waals surface area (Å²) in [7, 11) is -3.90. The number of rotatable bonds is 12. The number of anilines is 3. The Hall–Kier alpha value is -6.61. The average Bonchev–Trinajstić information content (AvgIpc) is 3.88. The third-order valence-electron chi connectivity index (χ3n) is 12.8. The second-order valence-electron chi connectivity index (χ2n) is 17.0. The van der Waals surface area contributed by atoms with Crippen molar-refractivity contribution in [2.45, 2.75) is 68.6 Å². The van der Waals surface area contributed by atoms with Crippen LogP contribution in [0.3, 0.4) is 0 Å². The number of aromatic nitrogens is 4. The van der Waals surface area contributed by atoms with Gasteiger partial charge in [-0.15, -0.1) is 0 Å². The van der Waals surface area contributed by atoms with E-state index in [1.807, 2.05) is 4.90 Å². The lowest BCUT2D eigenvalue weighted by atomic mass is 9.89. The predicted molar refractivity (Wildman–Crippen MR) is 238 cm³/mol. The van der Waals surface area contributed by atoms with E-state index >= 15 is 8.78 Å². The molecule has 1 aliphatic carbocycles. The molecule has 0 bridgehead atoms. The highest BCUT2D eigenvalue weighted by molar-refractivity contribution is 7.93. The second kappa shape index (κ2) is 18.7. The van der Waals surface area contributed by atoms with Crippen molar-refractivity contribution in [2.75, 3.05) is 60.8 Å². The predicted octanol–water partition coefficient (Wildman–Crippen LogP) is 4.81. The Morgan fingerprint density at radius 2 is 1.58 bits per heavy atom. The van der Waals surface area contributed by atoms with E-state index < -0.39 is 55.9 Å². The number of sulfonamides is 1. The highest BCUT2D eigenvalue weighted by Crippen LogP contribution is 2.35. The molecule has 66 heavy (non-hydrogen) atoms. The van der Waals surface area contributed by atoms with Gasteiger partial charge in [-0.1, -0.05) is 18.9 Å². The summed E-state index contributed by atoms with van der Waals surface area (Å²) >= 11 is 0. The fourth-order valence-corrected chi connectivity index (χ4v) is 10.6. The molecule has 346 valence electrons. The lowest BCUT2D eigenvalue weighted by Gasteiger charge is -2.37. The van der Waals surface area contributed by atoms with Crippen LogP contribution in [0.1, 0.15) is 62.8 Å². The standard InChI is InChI=1S/C45H47F3N10O7S/c46-34-8-10-37(54-66(63,64)31-3-1-2-4-31)41(48)42(34)65-30-6-9-36-33(22-30)44(62)58(26-51-36)29-23-49-45(50-24-29)57-19-17-56(18-20-57)40(60)25-55-15-13-27(14-16-55)32-7-5-28(21-35(32)47)52-38-11-12-39(59)53-43(38)61/h5-10,21-24,26-27,31,38,52,54H,1-4,11-20,25H2,(H,53,59,61)/t38-/m0/s1. The summed E-state index contributed by atoms with van der Waals surface area (Å²) < 4.78 is 80.3. The molecule has 3 aromatic carbocycles. The lowest BCUT2D eigenvalue weighted by molar-refractivity contribution is -0.134. The zero-order valence-corrected chi connectivity index (χ0v) is 36.5. The van der Waals surface area contributed by atoms with Crippen LogP contribution in [0.4, 0.5) is 30.5 Å². The summed E-state index contributed by atoms with van der Waals surface area (Å²) in [6, 6.07) is 10.3.